The van der Waals surface area contributed by atoms with E-state index < -0.39 is 0 Å². The number of benzene rings is 2. The first kappa shape index (κ1) is 12.0. The molecule has 1 aromatic heterocycles. The molecule has 0 spiro atoms. The van der Waals surface area contributed by atoms with Crippen molar-refractivity contribution in [2.24, 2.45) is 0 Å². The van der Waals surface area contributed by atoms with E-state index in [9.17, 15) is 0 Å². The third-order valence-electron chi connectivity index (χ3n) is 3.40. The van der Waals surface area contributed by atoms with Crippen molar-refractivity contribution >= 4 is 10.8 Å². The van der Waals surface area contributed by atoms with Crippen molar-refractivity contribution < 1.29 is 4.42 Å². The molecule has 1 atom stereocenters. The van der Waals surface area contributed by atoms with E-state index in [1.807, 2.05) is 12.1 Å². The van der Waals surface area contributed by atoms with Crippen LogP contribution in [0, 0.1) is 0 Å². The molecule has 0 radical (unpaired) electrons. The van der Waals surface area contributed by atoms with Gasteiger partial charge in [-0.15, -0.1) is 0 Å². The van der Waals surface area contributed by atoms with E-state index in [1.54, 1.807) is 6.26 Å². The fourth-order valence-corrected chi connectivity index (χ4v) is 2.26. The van der Waals surface area contributed by atoms with Crippen molar-refractivity contribution in [3.63, 3.8) is 0 Å². The molecule has 2 aromatic carbocycles. The molecule has 96 valence electrons. The molecule has 0 fully saturated rings. The second kappa shape index (κ2) is 5.29. The Morgan fingerprint density at radius 2 is 1.84 bits per heavy atom. The van der Waals surface area contributed by atoms with Gasteiger partial charge in [-0.1, -0.05) is 36.4 Å². The molecule has 0 unspecified atom stereocenters. The van der Waals surface area contributed by atoms with Crippen LogP contribution in [0.4, 0.5) is 0 Å². The van der Waals surface area contributed by atoms with Crippen molar-refractivity contribution in [3.8, 4) is 0 Å². The van der Waals surface area contributed by atoms with E-state index in [-0.39, 0.29) is 6.04 Å². The maximum atomic E-state index is 5.39. The molecule has 3 aromatic rings. The van der Waals surface area contributed by atoms with Crippen molar-refractivity contribution in [2.75, 3.05) is 0 Å². The SMILES string of the molecule is C[C@@H](NCc1ccc2ccccc2c1)c1ccco1. The average Bonchev–Trinajstić information content (AvgIpc) is 2.99. The molecule has 1 N–H and O–H groups in total. The number of hydrogen-bond acceptors (Lipinski definition) is 2. The highest BCUT2D eigenvalue weighted by Crippen LogP contribution is 2.17. The monoisotopic (exact) mass is 251 g/mol. The van der Waals surface area contributed by atoms with Crippen LogP contribution in [-0.4, -0.2) is 0 Å². The van der Waals surface area contributed by atoms with E-state index in [1.165, 1.54) is 16.3 Å². The molecule has 1 heterocycles. The number of furan rings is 1. The summed E-state index contributed by atoms with van der Waals surface area (Å²) in [6, 6.07) is 19.1. The zero-order valence-electron chi connectivity index (χ0n) is 11.0. The molecule has 0 aliphatic carbocycles. The number of hydrogen-bond donors (Lipinski definition) is 1. The maximum Gasteiger partial charge on any atom is 0.120 e. The van der Waals surface area contributed by atoms with Gasteiger partial charge in [0.2, 0.25) is 0 Å². The smallest absolute Gasteiger partial charge is 0.120 e. The van der Waals surface area contributed by atoms with Crippen molar-refractivity contribution in [2.45, 2.75) is 19.5 Å². The van der Waals surface area contributed by atoms with Gasteiger partial charge < -0.3 is 9.73 Å². The lowest BCUT2D eigenvalue weighted by Gasteiger charge is -2.11. The minimum atomic E-state index is 0.224. The van der Waals surface area contributed by atoms with E-state index in [0.29, 0.717) is 0 Å². The summed E-state index contributed by atoms with van der Waals surface area (Å²) >= 11 is 0. The van der Waals surface area contributed by atoms with Gasteiger partial charge in [-0.05, 0) is 41.5 Å². The van der Waals surface area contributed by atoms with Gasteiger partial charge >= 0.3 is 0 Å². The van der Waals surface area contributed by atoms with Crippen LogP contribution in [0.5, 0.6) is 0 Å². The lowest BCUT2D eigenvalue weighted by Crippen LogP contribution is -2.17. The van der Waals surface area contributed by atoms with Gasteiger partial charge in [-0.2, -0.15) is 0 Å². The molecule has 0 bridgehead atoms. The number of rotatable bonds is 4. The van der Waals surface area contributed by atoms with Crippen LogP contribution in [0.2, 0.25) is 0 Å². The van der Waals surface area contributed by atoms with Crippen molar-refractivity contribution in [3.05, 3.63) is 72.2 Å². The van der Waals surface area contributed by atoms with Crippen LogP contribution in [0.1, 0.15) is 24.3 Å². The van der Waals surface area contributed by atoms with Gasteiger partial charge in [0.1, 0.15) is 5.76 Å². The summed E-state index contributed by atoms with van der Waals surface area (Å²) in [7, 11) is 0. The van der Waals surface area contributed by atoms with Crippen LogP contribution in [-0.2, 0) is 6.54 Å². The second-order valence-corrected chi connectivity index (χ2v) is 4.80. The molecule has 0 amide bonds. The highest BCUT2D eigenvalue weighted by Gasteiger charge is 2.07. The molecule has 2 nitrogen and oxygen atoms in total. The van der Waals surface area contributed by atoms with Crippen molar-refractivity contribution in [1.29, 1.82) is 0 Å². The molecule has 0 saturated heterocycles. The Bertz CT molecular complexity index is 658. The molecule has 3 rings (SSSR count). The first-order valence-electron chi connectivity index (χ1n) is 6.57. The zero-order chi connectivity index (χ0) is 13.1. The Kier molecular flexibility index (Phi) is 3.34. The maximum absolute atomic E-state index is 5.39. The fourth-order valence-electron chi connectivity index (χ4n) is 2.26. The van der Waals surface area contributed by atoms with E-state index in [2.05, 4.69) is 54.7 Å². The summed E-state index contributed by atoms with van der Waals surface area (Å²) in [5.41, 5.74) is 1.29. The summed E-state index contributed by atoms with van der Waals surface area (Å²) in [4.78, 5) is 0. The van der Waals surface area contributed by atoms with E-state index in [4.69, 9.17) is 4.42 Å². The normalized spacial score (nSPS) is 12.7. The number of fused-ring (bicyclic) bond motifs is 1. The third-order valence-corrected chi connectivity index (χ3v) is 3.40. The molecular formula is C17H17NO. The predicted molar refractivity (Wildman–Crippen MR) is 77.9 cm³/mol. The topological polar surface area (TPSA) is 25.2 Å². The van der Waals surface area contributed by atoms with Crippen LogP contribution in [0.15, 0.2) is 65.3 Å². The lowest BCUT2D eigenvalue weighted by molar-refractivity contribution is 0.430. The van der Waals surface area contributed by atoms with Gasteiger partial charge in [0.05, 0.1) is 12.3 Å². The first-order valence-corrected chi connectivity index (χ1v) is 6.57. The molecule has 0 saturated carbocycles. The predicted octanol–water partition coefficient (Wildman–Crippen LogP) is 4.28. The van der Waals surface area contributed by atoms with E-state index >= 15 is 0 Å². The fraction of sp³-hybridized carbons (Fsp3) is 0.176. The third kappa shape index (κ3) is 2.69. The highest BCUT2D eigenvalue weighted by atomic mass is 16.3. The van der Waals surface area contributed by atoms with Gasteiger partial charge in [-0.3, -0.25) is 0 Å². The summed E-state index contributed by atoms with van der Waals surface area (Å²) in [6.45, 7) is 2.95. The standard InChI is InChI=1S/C17H17NO/c1-13(17-7-4-10-19-17)18-12-14-8-9-15-5-2-3-6-16(15)11-14/h2-11,13,18H,12H2,1H3/t13-/m1/s1. The summed E-state index contributed by atoms with van der Waals surface area (Å²) in [6.07, 6.45) is 1.71. The van der Waals surface area contributed by atoms with Gasteiger partial charge in [0, 0.05) is 6.54 Å². The second-order valence-electron chi connectivity index (χ2n) is 4.80. The highest BCUT2D eigenvalue weighted by molar-refractivity contribution is 5.82. The molecule has 19 heavy (non-hydrogen) atoms. The summed E-state index contributed by atoms with van der Waals surface area (Å²) < 4.78 is 5.39. The average molecular weight is 251 g/mol. The van der Waals surface area contributed by atoms with Crippen LogP contribution < -0.4 is 5.32 Å². The minimum Gasteiger partial charge on any atom is -0.468 e. The Morgan fingerprint density at radius 1 is 1.00 bits per heavy atom. The zero-order valence-corrected chi connectivity index (χ0v) is 11.0. The van der Waals surface area contributed by atoms with Gasteiger partial charge in [0.25, 0.3) is 0 Å². The van der Waals surface area contributed by atoms with Crippen LogP contribution >= 0.6 is 0 Å². The lowest BCUT2D eigenvalue weighted by atomic mass is 10.1. The molecule has 0 aliphatic heterocycles. The summed E-state index contributed by atoms with van der Waals surface area (Å²) in [5, 5.41) is 6.04. The first-order chi connectivity index (χ1) is 9.33. The number of nitrogens with one attached hydrogen (secondary N) is 1. The van der Waals surface area contributed by atoms with Crippen LogP contribution in [0.25, 0.3) is 10.8 Å². The minimum absolute atomic E-state index is 0.224. The van der Waals surface area contributed by atoms with Crippen LogP contribution in [0.3, 0.4) is 0 Å². The quantitative estimate of drug-likeness (QED) is 0.748. The molecule has 2 heteroatoms. The molecule has 0 aliphatic rings. The van der Waals surface area contributed by atoms with E-state index in [0.717, 1.165) is 12.3 Å². The van der Waals surface area contributed by atoms with Gasteiger partial charge in [-0.25, -0.2) is 0 Å². The molecular weight excluding hydrogens is 234 g/mol. The Morgan fingerprint density at radius 3 is 2.63 bits per heavy atom. The summed E-state index contributed by atoms with van der Waals surface area (Å²) in [5.74, 6) is 0.973. The Hall–Kier alpha value is -2.06. The Labute approximate surface area is 113 Å². The largest absolute Gasteiger partial charge is 0.468 e. The van der Waals surface area contributed by atoms with Crippen molar-refractivity contribution in [1.82, 2.24) is 5.32 Å². The van der Waals surface area contributed by atoms with Gasteiger partial charge in [0.15, 0.2) is 0 Å². The Balaban J connectivity index is 1.71.